The Morgan fingerprint density at radius 1 is 1.30 bits per heavy atom. The standard InChI is InChI=1S/C22H23FN4O2.ClH/c23-9-10-27-13-19(14-27)29-15-18-3-1-2-4-20(18)25-22(28)8-6-16-5-7-17-12-24-26-21(17)11-16;/h1-8,11-12,19H,9-10,13-15H2,(H,24,26)(H,25,28);1H/b8-6+;. The van der Waals surface area contributed by atoms with Crippen molar-refractivity contribution in [2.45, 2.75) is 12.7 Å². The lowest BCUT2D eigenvalue weighted by Crippen LogP contribution is -2.52. The van der Waals surface area contributed by atoms with Gasteiger partial charge in [-0.05, 0) is 23.8 Å². The molecule has 1 saturated heterocycles. The number of carbonyl (C=O) groups is 1. The first-order chi connectivity index (χ1) is 14.2. The molecule has 158 valence electrons. The van der Waals surface area contributed by atoms with E-state index in [1.807, 2.05) is 47.4 Å². The topological polar surface area (TPSA) is 70.2 Å². The molecule has 0 bridgehead atoms. The molecular formula is C22H24ClFN4O2. The van der Waals surface area contributed by atoms with Crippen LogP contribution in [-0.2, 0) is 16.1 Å². The molecule has 2 heterocycles. The van der Waals surface area contributed by atoms with Gasteiger partial charge in [0, 0.05) is 42.3 Å². The summed E-state index contributed by atoms with van der Waals surface area (Å²) in [6, 6.07) is 13.4. The number of ether oxygens (including phenoxy) is 1. The quantitative estimate of drug-likeness (QED) is 0.533. The molecule has 1 amide bonds. The number of nitrogens with zero attached hydrogens (tertiary/aromatic N) is 2. The fraction of sp³-hybridized carbons (Fsp3) is 0.273. The van der Waals surface area contributed by atoms with Crippen LogP contribution in [0.25, 0.3) is 17.0 Å². The van der Waals surface area contributed by atoms with E-state index in [0.29, 0.717) is 13.2 Å². The van der Waals surface area contributed by atoms with E-state index in [1.54, 1.807) is 12.3 Å². The van der Waals surface area contributed by atoms with E-state index in [9.17, 15) is 9.18 Å². The molecule has 8 heteroatoms. The van der Waals surface area contributed by atoms with Gasteiger partial charge in [-0.1, -0.05) is 30.3 Å². The molecular weight excluding hydrogens is 407 g/mol. The van der Waals surface area contributed by atoms with Gasteiger partial charge in [-0.15, -0.1) is 12.4 Å². The molecule has 0 aliphatic carbocycles. The number of halogens is 2. The van der Waals surface area contributed by atoms with E-state index in [4.69, 9.17) is 4.74 Å². The molecule has 0 radical (unpaired) electrons. The molecule has 0 unspecified atom stereocenters. The zero-order valence-corrected chi connectivity index (χ0v) is 17.2. The largest absolute Gasteiger partial charge is 0.371 e. The first-order valence-corrected chi connectivity index (χ1v) is 9.61. The number of fused-ring (bicyclic) bond motifs is 1. The fourth-order valence-corrected chi connectivity index (χ4v) is 3.31. The number of hydrogen-bond donors (Lipinski definition) is 2. The number of nitrogens with one attached hydrogen (secondary N) is 2. The van der Waals surface area contributed by atoms with Crippen LogP contribution in [0.15, 0.2) is 54.7 Å². The van der Waals surface area contributed by atoms with Gasteiger partial charge in [0.1, 0.15) is 6.67 Å². The molecule has 2 N–H and O–H groups in total. The van der Waals surface area contributed by atoms with Crippen molar-refractivity contribution < 1.29 is 13.9 Å². The van der Waals surface area contributed by atoms with Crippen molar-refractivity contribution in [2.75, 3.05) is 31.6 Å². The van der Waals surface area contributed by atoms with Crippen molar-refractivity contribution in [3.63, 3.8) is 0 Å². The van der Waals surface area contributed by atoms with Crippen molar-refractivity contribution >= 4 is 41.0 Å². The minimum absolute atomic E-state index is 0. The number of amides is 1. The summed E-state index contributed by atoms with van der Waals surface area (Å²) >= 11 is 0. The first-order valence-electron chi connectivity index (χ1n) is 9.61. The highest BCUT2D eigenvalue weighted by molar-refractivity contribution is 6.02. The number of para-hydroxylation sites is 1. The van der Waals surface area contributed by atoms with Gasteiger partial charge in [0.2, 0.25) is 5.91 Å². The molecule has 0 atom stereocenters. The van der Waals surface area contributed by atoms with Crippen molar-refractivity contribution in [3.05, 3.63) is 65.9 Å². The van der Waals surface area contributed by atoms with Crippen LogP contribution < -0.4 is 5.32 Å². The van der Waals surface area contributed by atoms with Crippen molar-refractivity contribution in [1.82, 2.24) is 15.1 Å². The van der Waals surface area contributed by atoms with Crippen LogP contribution in [0, 0.1) is 0 Å². The number of rotatable bonds is 8. The number of alkyl halides is 1. The number of likely N-dealkylation sites (tertiary alicyclic amines) is 1. The van der Waals surface area contributed by atoms with Crippen LogP contribution in [0.3, 0.4) is 0 Å². The summed E-state index contributed by atoms with van der Waals surface area (Å²) in [4.78, 5) is 14.4. The number of H-pyrrole nitrogens is 1. The second-order valence-corrected chi connectivity index (χ2v) is 7.08. The predicted octanol–water partition coefficient (Wildman–Crippen LogP) is 3.81. The van der Waals surface area contributed by atoms with E-state index in [1.165, 1.54) is 6.08 Å². The molecule has 3 aromatic rings. The summed E-state index contributed by atoms with van der Waals surface area (Å²) in [7, 11) is 0. The van der Waals surface area contributed by atoms with Crippen LogP contribution in [0.5, 0.6) is 0 Å². The fourth-order valence-electron chi connectivity index (χ4n) is 3.31. The van der Waals surface area contributed by atoms with Gasteiger partial charge in [0.25, 0.3) is 0 Å². The number of aromatic amines is 1. The average molecular weight is 431 g/mol. The van der Waals surface area contributed by atoms with Crippen molar-refractivity contribution in [3.8, 4) is 0 Å². The van der Waals surface area contributed by atoms with E-state index in [0.717, 1.165) is 40.8 Å². The molecule has 0 spiro atoms. The molecule has 2 aromatic carbocycles. The third kappa shape index (κ3) is 5.44. The molecule has 4 rings (SSSR count). The lowest BCUT2D eigenvalue weighted by molar-refractivity contribution is -0.111. The zero-order chi connectivity index (χ0) is 20.1. The van der Waals surface area contributed by atoms with Crippen LogP contribution >= 0.6 is 12.4 Å². The normalized spacial score (nSPS) is 14.6. The van der Waals surface area contributed by atoms with Gasteiger partial charge in [-0.25, -0.2) is 4.39 Å². The third-order valence-electron chi connectivity index (χ3n) is 4.97. The molecule has 30 heavy (non-hydrogen) atoms. The average Bonchev–Trinajstić information content (AvgIpc) is 3.17. The van der Waals surface area contributed by atoms with Crippen LogP contribution in [0.2, 0.25) is 0 Å². The summed E-state index contributed by atoms with van der Waals surface area (Å²) in [6.07, 6.45) is 5.15. The summed E-state index contributed by atoms with van der Waals surface area (Å²) in [6.45, 7) is 2.05. The lowest BCUT2D eigenvalue weighted by Gasteiger charge is -2.38. The van der Waals surface area contributed by atoms with Gasteiger partial charge >= 0.3 is 0 Å². The van der Waals surface area contributed by atoms with Crippen molar-refractivity contribution in [2.24, 2.45) is 0 Å². The first kappa shape index (κ1) is 22.0. The molecule has 1 fully saturated rings. The summed E-state index contributed by atoms with van der Waals surface area (Å²) in [5, 5.41) is 10.9. The SMILES string of the molecule is Cl.O=C(/C=C/c1ccc2cn[nH]c2c1)Nc1ccccc1COC1CN(CCF)C1. The van der Waals surface area contributed by atoms with Gasteiger partial charge in [-0.2, -0.15) is 5.10 Å². The second kappa shape index (κ2) is 10.3. The monoisotopic (exact) mass is 430 g/mol. The van der Waals surface area contributed by atoms with Crippen LogP contribution in [0.4, 0.5) is 10.1 Å². The van der Waals surface area contributed by atoms with E-state index < -0.39 is 0 Å². The molecule has 6 nitrogen and oxygen atoms in total. The Balaban J connectivity index is 0.00000256. The van der Waals surface area contributed by atoms with E-state index >= 15 is 0 Å². The maximum Gasteiger partial charge on any atom is 0.248 e. The van der Waals surface area contributed by atoms with Gasteiger partial charge in [-0.3, -0.25) is 14.8 Å². The van der Waals surface area contributed by atoms with Gasteiger partial charge in [0.15, 0.2) is 0 Å². The zero-order valence-electron chi connectivity index (χ0n) is 16.4. The van der Waals surface area contributed by atoms with E-state index in [2.05, 4.69) is 15.5 Å². The smallest absolute Gasteiger partial charge is 0.248 e. The summed E-state index contributed by atoms with van der Waals surface area (Å²) in [5.74, 6) is -0.208. The lowest BCUT2D eigenvalue weighted by atomic mass is 10.1. The highest BCUT2D eigenvalue weighted by atomic mass is 35.5. The Hall–Kier alpha value is -2.74. The minimum atomic E-state index is -0.329. The Labute approximate surface area is 180 Å². The van der Waals surface area contributed by atoms with Crippen LogP contribution in [0.1, 0.15) is 11.1 Å². The number of carbonyl (C=O) groups excluding carboxylic acids is 1. The van der Waals surface area contributed by atoms with E-state index in [-0.39, 0.29) is 31.1 Å². The Morgan fingerprint density at radius 2 is 2.13 bits per heavy atom. The molecule has 1 aliphatic heterocycles. The highest BCUT2D eigenvalue weighted by Gasteiger charge is 2.26. The maximum atomic E-state index is 12.4. The van der Waals surface area contributed by atoms with Crippen molar-refractivity contribution in [1.29, 1.82) is 0 Å². The minimum Gasteiger partial charge on any atom is -0.371 e. The Bertz CT molecular complexity index is 1020. The number of hydrogen-bond acceptors (Lipinski definition) is 4. The summed E-state index contributed by atoms with van der Waals surface area (Å²) in [5.41, 5.74) is 3.48. The highest BCUT2D eigenvalue weighted by Crippen LogP contribution is 2.20. The maximum absolute atomic E-state index is 12.4. The van der Waals surface area contributed by atoms with Crippen LogP contribution in [-0.4, -0.2) is 53.4 Å². The second-order valence-electron chi connectivity index (χ2n) is 7.08. The number of benzene rings is 2. The Kier molecular flexibility index (Phi) is 7.57. The predicted molar refractivity (Wildman–Crippen MR) is 118 cm³/mol. The number of aromatic nitrogens is 2. The molecule has 1 aliphatic rings. The molecule has 1 aromatic heterocycles. The Morgan fingerprint density at radius 3 is 2.97 bits per heavy atom. The van der Waals surface area contributed by atoms with Gasteiger partial charge in [0.05, 0.1) is 24.4 Å². The summed E-state index contributed by atoms with van der Waals surface area (Å²) < 4.78 is 18.2. The molecule has 0 saturated carbocycles. The number of anilines is 1. The third-order valence-corrected chi connectivity index (χ3v) is 4.97. The van der Waals surface area contributed by atoms with Gasteiger partial charge < -0.3 is 10.1 Å².